The van der Waals surface area contributed by atoms with Crippen LogP contribution in [0.2, 0.25) is 0 Å². The first kappa shape index (κ1) is 10.9. The van der Waals surface area contributed by atoms with E-state index in [0.29, 0.717) is 6.61 Å². The summed E-state index contributed by atoms with van der Waals surface area (Å²) >= 11 is 0. The average molecular weight is 188 g/mol. The van der Waals surface area contributed by atoms with Crippen molar-refractivity contribution in [2.24, 2.45) is 0 Å². The number of aliphatic hydroxyl groups is 1. The largest absolute Gasteiger partial charge is 0.356 e. The SMILES string of the molecule is CCOC(O)N1CCCN(C)CC1. The van der Waals surface area contributed by atoms with E-state index < -0.39 is 6.41 Å². The Morgan fingerprint density at radius 3 is 2.77 bits per heavy atom. The Labute approximate surface area is 80.1 Å². The summed E-state index contributed by atoms with van der Waals surface area (Å²) in [5, 5.41) is 9.57. The summed E-state index contributed by atoms with van der Waals surface area (Å²) < 4.78 is 5.14. The third kappa shape index (κ3) is 3.60. The molecule has 1 unspecified atom stereocenters. The van der Waals surface area contributed by atoms with Gasteiger partial charge in [-0.25, -0.2) is 0 Å². The van der Waals surface area contributed by atoms with Gasteiger partial charge in [0.2, 0.25) is 6.41 Å². The maximum atomic E-state index is 9.57. The van der Waals surface area contributed by atoms with Gasteiger partial charge in [-0.2, -0.15) is 0 Å². The lowest BCUT2D eigenvalue weighted by Gasteiger charge is -2.25. The van der Waals surface area contributed by atoms with Crippen molar-refractivity contribution in [2.45, 2.75) is 19.8 Å². The molecule has 0 aliphatic carbocycles. The molecule has 13 heavy (non-hydrogen) atoms. The molecular formula is C9H20N2O2. The number of nitrogens with zero attached hydrogens (tertiary/aromatic N) is 2. The molecule has 1 atom stereocenters. The lowest BCUT2D eigenvalue weighted by atomic mass is 10.4. The second-order valence-corrected chi connectivity index (χ2v) is 3.47. The van der Waals surface area contributed by atoms with Crippen molar-refractivity contribution in [1.29, 1.82) is 0 Å². The molecule has 1 heterocycles. The fourth-order valence-electron chi connectivity index (χ4n) is 1.54. The van der Waals surface area contributed by atoms with Crippen LogP contribution in [0.25, 0.3) is 0 Å². The molecule has 1 N–H and O–H groups in total. The number of aliphatic hydroxyl groups excluding tert-OH is 1. The predicted molar refractivity (Wildman–Crippen MR) is 51.3 cm³/mol. The summed E-state index contributed by atoms with van der Waals surface area (Å²) in [4.78, 5) is 4.26. The third-order valence-electron chi connectivity index (χ3n) is 2.38. The highest BCUT2D eigenvalue weighted by atomic mass is 16.6. The second kappa shape index (κ2) is 5.54. The van der Waals surface area contributed by atoms with E-state index in [-0.39, 0.29) is 0 Å². The fourth-order valence-corrected chi connectivity index (χ4v) is 1.54. The van der Waals surface area contributed by atoms with Gasteiger partial charge in [-0.15, -0.1) is 0 Å². The van der Waals surface area contributed by atoms with Gasteiger partial charge in [-0.1, -0.05) is 0 Å². The Balaban J connectivity index is 2.32. The highest BCUT2D eigenvalue weighted by Crippen LogP contribution is 2.04. The molecule has 1 aliphatic heterocycles. The zero-order valence-electron chi connectivity index (χ0n) is 8.57. The van der Waals surface area contributed by atoms with Crippen molar-refractivity contribution in [1.82, 2.24) is 9.80 Å². The normalized spacial score (nSPS) is 24.2. The van der Waals surface area contributed by atoms with Gasteiger partial charge >= 0.3 is 0 Å². The van der Waals surface area contributed by atoms with Crippen LogP contribution < -0.4 is 0 Å². The van der Waals surface area contributed by atoms with E-state index in [0.717, 1.165) is 32.6 Å². The van der Waals surface area contributed by atoms with Crippen LogP contribution in [0.3, 0.4) is 0 Å². The molecule has 0 radical (unpaired) electrons. The van der Waals surface area contributed by atoms with E-state index in [9.17, 15) is 5.11 Å². The fraction of sp³-hybridized carbons (Fsp3) is 1.00. The van der Waals surface area contributed by atoms with Crippen LogP contribution >= 0.6 is 0 Å². The Hall–Kier alpha value is -0.160. The van der Waals surface area contributed by atoms with Crippen molar-refractivity contribution in [3.05, 3.63) is 0 Å². The van der Waals surface area contributed by atoms with Crippen LogP contribution in [0, 0.1) is 0 Å². The van der Waals surface area contributed by atoms with Crippen LogP contribution in [0.4, 0.5) is 0 Å². The van der Waals surface area contributed by atoms with Crippen LogP contribution in [0.15, 0.2) is 0 Å². The highest BCUT2D eigenvalue weighted by molar-refractivity contribution is 4.66. The van der Waals surface area contributed by atoms with Gasteiger partial charge in [-0.05, 0) is 26.9 Å². The maximum absolute atomic E-state index is 9.57. The van der Waals surface area contributed by atoms with Gasteiger partial charge in [0.05, 0.1) is 0 Å². The minimum Gasteiger partial charge on any atom is -0.356 e. The number of hydrogen-bond donors (Lipinski definition) is 1. The Morgan fingerprint density at radius 2 is 2.08 bits per heavy atom. The van der Waals surface area contributed by atoms with Crippen LogP contribution in [0.1, 0.15) is 13.3 Å². The van der Waals surface area contributed by atoms with Gasteiger partial charge < -0.3 is 14.7 Å². The van der Waals surface area contributed by atoms with Crippen molar-refractivity contribution >= 4 is 0 Å². The van der Waals surface area contributed by atoms with Crippen LogP contribution in [-0.4, -0.2) is 61.2 Å². The summed E-state index contributed by atoms with van der Waals surface area (Å²) in [6, 6.07) is 0. The molecule has 0 amide bonds. The van der Waals surface area contributed by atoms with E-state index in [2.05, 4.69) is 11.9 Å². The summed E-state index contributed by atoms with van der Waals surface area (Å²) in [6.07, 6.45) is 0.386. The number of hydrogen-bond acceptors (Lipinski definition) is 4. The monoisotopic (exact) mass is 188 g/mol. The topological polar surface area (TPSA) is 35.9 Å². The molecule has 0 aromatic heterocycles. The van der Waals surface area contributed by atoms with Crippen molar-refractivity contribution in [2.75, 3.05) is 39.8 Å². The van der Waals surface area contributed by atoms with Crippen LogP contribution in [0.5, 0.6) is 0 Å². The maximum Gasteiger partial charge on any atom is 0.216 e. The lowest BCUT2D eigenvalue weighted by molar-refractivity contribution is -0.189. The Morgan fingerprint density at radius 1 is 1.31 bits per heavy atom. The van der Waals surface area contributed by atoms with Gasteiger partial charge in [0.25, 0.3) is 0 Å². The van der Waals surface area contributed by atoms with E-state index in [4.69, 9.17) is 4.74 Å². The minimum atomic E-state index is -0.712. The summed E-state index contributed by atoms with van der Waals surface area (Å²) in [5.74, 6) is 0. The first-order valence-corrected chi connectivity index (χ1v) is 4.96. The Kier molecular flexibility index (Phi) is 4.66. The summed E-state index contributed by atoms with van der Waals surface area (Å²) in [5.41, 5.74) is 0. The summed E-state index contributed by atoms with van der Waals surface area (Å²) in [7, 11) is 2.11. The van der Waals surface area contributed by atoms with E-state index in [1.807, 2.05) is 11.8 Å². The third-order valence-corrected chi connectivity index (χ3v) is 2.38. The molecule has 1 saturated heterocycles. The number of likely N-dealkylation sites (N-methyl/N-ethyl adjacent to an activating group) is 1. The predicted octanol–water partition coefficient (Wildman–Crippen LogP) is -0.0637. The molecule has 0 saturated carbocycles. The molecule has 4 nitrogen and oxygen atoms in total. The van der Waals surface area contributed by atoms with Crippen molar-refractivity contribution in [3.8, 4) is 0 Å². The molecule has 0 bridgehead atoms. The number of ether oxygens (including phenoxy) is 1. The molecule has 0 spiro atoms. The average Bonchev–Trinajstić information content (AvgIpc) is 2.30. The lowest BCUT2D eigenvalue weighted by Crippen LogP contribution is -2.39. The molecule has 78 valence electrons. The Bertz CT molecular complexity index is 144. The first-order valence-electron chi connectivity index (χ1n) is 4.96. The van der Waals surface area contributed by atoms with E-state index in [1.165, 1.54) is 0 Å². The smallest absolute Gasteiger partial charge is 0.216 e. The molecule has 0 aromatic rings. The van der Waals surface area contributed by atoms with Crippen LogP contribution in [-0.2, 0) is 4.74 Å². The van der Waals surface area contributed by atoms with Crippen molar-refractivity contribution < 1.29 is 9.84 Å². The van der Waals surface area contributed by atoms with Gasteiger partial charge in [-0.3, -0.25) is 4.90 Å². The molecule has 1 aliphatic rings. The zero-order chi connectivity index (χ0) is 9.68. The molecule has 1 rings (SSSR count). The van der Waals surface area contributed by atoms with E-state index in [1.54, 1.807) is 0 Å². The quantitative estimate of drug-likeness (QED) is 0.629. The molecule has 1 fully saturated rings. The molecular weight excluding hydrogens is 168 g/mol. The molecule has 0 aromatic carbocycles. The van der Waals surface area contributed by atoms with Gasteiger partial charge in [0.15, 0.2) is 0 Å². The second-order valence-electron chi connectivity index (χ2n) is 3.47. The van der Waals surface area contributed by atoms with Gasteiger partial charge in [0, 0.05) is 26.2 Å². The molecule has 4 heteroatoms. The van der Waals surface area contributed by atoms with Gasteiger partial charge in [0.1, 0.15) is 0 Å². The number of rotatable bonds is 3. The summed E-state index contributed by atoms with van der Waals surface area (Å²) in [6.45, 7) is 6.38. The standard InChI is InChI=1S/C9H20N2O2/c1-3-13-9(12)11-6-4-5-10(2)7-8-11/h9,12H,3-8H2,1-2H3. The minimum absolute atomic E-state index is 0.563. The van der Waals surface area contributed by atoms with E-state index >= 15 is 0 Å². The first-order chi connectivity index (χ1) is 6.24. The van der Waals surface area contributed by atoms with Crippen molar-refractivity contribution in [3.63, 3.8) is 0 Å². The zero-order valence-corrected chi connectivity index (χ0v) is 8.57. The highest BCUT2D eigenvalue weighted by Gasteiger charge is 2.18.